The molecular formula is C22H28Cl2N6O. The van der Waals surface area contributed by atoms with Gasteiger partial charge >= 0.3 is 0 Å². The number of halogens is 2. The molecule has 1 atom stereocenters. The number of benzene rings is 1. The van der Waals surface area contributed by atoms with Crippen molar-refractivity contribution in [2.45, 2.75) is 46.7 Å². The van der Waals surface area contributed by atoms with Crippen molar-refractivity contribution in [3.8, 4) is 5.82 Å². The third-order valence-electron chi connectivity index (χ3n) is 4.16. The quantitative estimate of drug-likeness (QED) is 0.452. The summed E-state index contributed by atoms with van der Waals surface area (Å²) in [6.07, 6.45) is 5.64. The maximum atomic E-state index is 12.8. The van der Waals surface area contributed by atoms with Gasteiger partial charge < -0.3 is 10.6 Å². The van der Waals surface area contributed by atoms with Gasteiger partial charge in [-0.15, -0.1) is 0 Å². The molecule has 0 unspecified atom stereocenters. The van der Waals surface area contributed by atoms with Crippen LogP contribution < -0.4 is 10.6 Å². The molecule has 3 rings (SSSR count). The van der Waals surface area contributed by atoms with E-state index in [-0.39, 0.29) is 17.0 Å². The molecule has 0 radical (unpaired) electrons. The van der Waals surface area contributed by atoms with E-state index >= 15 is 0 Å². The first-order chi connectivity index (χ1) is 14.9. The molecule has 7 nitrogen and oxygen atoms in total. The van der Waals surface area contributed by atoms with Crippen LogP contribution in [0.15, 0.2) is 49.1 Å². The zero-order chi connectivity index (χ0) is 22.8. The molecule has 9 heteroatoms. The first-order valence-corrected chi connectivity index (χ1v) is 11.0. The number of carbonyl (C=O) groups excluding carboxylic acids is 1. The lowest BCUT2D eigenvalue weighted by Gasteiger charge is -2.20. The van der Waals surface area contributed by atoms with Crippen molar-refractivity contribution in [2.24, 2.45) is 5.92 Å². The smallest absolute Gasteiger partial charge is 0.242 e. The van der Waals surface area contributed by atoms with Crippen molar-refractivity contribution >= 4 is 35.1 Å². The molecule has 0 aliphatic heterocycles. The van der Waals surface area contributed by atoms with Gasteiger partial charge in [0, 0.05) is 30.0 Å². The summed E-state index contributed by atoms with van der Waals surface area (Å²) in [7, 11) is 0. The lowest BCUT2D eigenvalue weighted by atomic mass is 10.0. The van der Waals surface area contributed by atoms with E-state index in [9.17, 15) is 4.79 Å². The van der Waals surface area contributed by atoms with E-state index < -0.39 is 6.04 Å². The zero-order valence-electron chi connectivity index (χ0n) is 18.1. The predicted molar refractivity (Wildman–Crippen MR) is 126 cm³/mol. The molecule has 166 valence electrons. The minimum atomic E-state index is -0.503. The van der Waals surface area contributed by atoms with Crippen LogP contribution >= 0.6 is 23.2 Å². The van der Waals surface area contributed by atoms with Crippen molar-refractivity contribution in [1.29, 1.82) is 0 Å². The van der Waals surface area contributed by atoms with Gasteiger partial charge in [-0.25, -0.2) is 9.97 Å². The summed E-state index contributed by atoms with van der Waals surface area (Å²) >= 11 is 12.1. The molecule has 0 saturated heterocycles. The Balaban J connectivity index is 0.00000166. The van der Waals surface area contributed by atoms with Gasteiger partial charge in [0.2, 0.25) is 11.9 Å². The summed E-state index contributed by atoms with van der Waals surface area (Å²) < 4.78 is 1.72. The molecule has 1 aromatic carbocycles. The summed E-state index contributed by atoms with van der Waals surface area (Å²) in [6, 6.07) is 8.48. The Kier molecular flexibility index (Phi) is 9.75. The molecule has 0 aliphatic rings. The second kappa shape index (κ2) is 12.3. The Morgan fingerprint density at radius 1 is 1.13 bits per heavy atom. The van der Waals surface area contributed by atoms with E-state index in [1.165, 1.54) is 0 Å². The highest BCUT2D eigenvalue weighted by molar-refractivity contribution is 6.30. The lowest BCUT2D eigenvalue weighted by Crippen LogP contribution is -2.40. The Bertz CT molecular complexity index is 945. The SMILES string of the molecule is CC.CC(C)C[C@@H](Nc1nc(Cl)cc(-n2ccnc2)n1)C(=O)NCc1ccc(Cl)cc1. The van der Waals surface area contributed by atoms with Gasteiger partial charge in [0.25, 0.3) is 0 Å². The number of nitrogens with zero attached hydrogens (tertiary/aromatic N) is 4. The van der Waals surface area contributed by atoms with Crippen molar-refractivity contribution in [3.05, 3.63) is 64.8 Å². The fraction of sp³-hybridized carbons (Fsp3) is 0.364. The molecule has 0 saturated carbocycles. The van der Waals surface area contributed by atoms with Crippen LogP contribution in [0, 0.1) is 5.92 Å². The van der Waals surface area contributed by atoms with Crippen LogP contribution in [0.2, 0.25) is 10.2 Å². The average Bonchev–Trinajstić information content (AvgIpc) is 3.28. The standard InChI is InChI=1S/C20H22Cl2N6O.C2H6/c1-13(2)9-16(19(29)24-11-14-3-5-15(21)6-4-14)25-20-26-17(22)10-18(27-20)28-8-7-23-12-28;1-2/h3-8,10,12-13,16H,9,11H2,1-2H3,(H,24,29)(H,25,26,27);1-2H3/t16-;/m1./s1. The van der Waals surface area contributed by atoms with E-state index in [2.05, 4.69) is 39.4 Å². The largest absolute Gasteiger partial charge is 0.350 e. The first kappa shape index (κ1) is 24.6. The number of hydrogen-bond acceptors (Lipinski definition) is 5. The van der Waals surface area contributed by atoms with Crippen LogP contribution in [-0.4, -0.2) is 31.5 Å². The average molecular weight is 463 g/mol. The van der Waals surface area contributed by atoms with Crippen molar-refractivity contribution in [3.63, 3.8) is 0 Å². The fourth-order valence-corrected chi connectivity index (χ4v) is 3.07. The molecular weight excluding hydrogens is 435 g/mol. The van der Waals surface area contributed by atoms with Crippen molar-refractivity contribution < 1.29 is 4.79 Å². The highest BCUT2D eigenvalue weighted by Gasteiger charge is 2.21. The van der Waals surface area contributed by atoms with Crippen LogP contribution in [0.1, 0.15) is 39.7 Å². The number of aromatic nitrogens is 4. The number of imidazole rings is 1. The van der Waals surface area contributed by atoms with Crippen LogP contribution in [0.5, 0.6) is 0 Å². The van der Waals surface area contributed by atoms with Gasteiger partial charge in [-0.05, 0) is 30.0 Å². The Morgan fingerprint density at radius 2 is 1.84 bits per heavy atom. The Hall–Kier alpha value is -2.64. The molecule has 2 aromatic heterocycles. The molecule has 2 N–H and O–H groups in total. The monoisotopic (exact) mass is 462 g/mol. The first-order valence-electron chi connectivity index (χ1n) is 10.2. The summed E-state index contributed by atoms with van der Waals surface area (Å²) in [5.74, 6) is 1.01. The zero-order valence-corrected chi connectivity index (χ0v) is 19.7. The minimum Gasteiger partial charge on any atom is -0.350 e. The van der Waals surface area contributed by atoms with Gasteiger partial charge in [-0.3, -0.25) is 9.36 Å². The summed E-state index contributed by atoms with van der Waals surface area (Å²) in [5, 5.41) is 7.01. The second-order valence-corrected chi connectivity index (χ2v) is 7.84. The summed E-state index contributed by atoms with van der Waals surface area (Å²) in [5.41, 5.74) is 0.965. The lowest BCUT2D eigenvalue weighted by molar-refractivity contribution is -0.122. The van der Waals surface area contributed by atoms with Crippen LogP contribution in [0.4, 0.5) is 5.95 Å². The van der Waals surface area contributed by atoms with E-state index in [0.29, 0.717) is 29.7 Å². The number of rotatable bonds is 8. The molecule has 0 spiro atoms. The summed E-state index contributed by atoms with van der Waals surface area (Å²) in [6.45, 7) is 8.51. The minimum absolute atomic E-state index is 0.138. The molecule has 0 bridgehead atoms. The molecule has 3 aromatic rings. The van der Waals surface area contributed by atoms with Gasteiger partial charge in [-0.2, -0.15) is 4.98 Å². The molecule has 2 heterocycles. The number of amides is 1. The van der Waals surface area contributed by atoms with Crippen LogP contribution in [0.3, 0.4) is 0 Å². The van der Waals surface area contributed by atoms with Crippen LogP contribution in [-0.2, 0) is 11.3 Å². The number of anilines is 1. The molecule has 0 aliphatic carbocycles. The Labute approximate surface area is 193 Å². The van der Waals surface area contributed by atoms with E-state index in [1.54, 1.807) is 41.5 Å². The summed E-state index contributed by atoms with van der Waals surface area (Å²) in [4.78, 5) is 25.5. The Morgan fingerprint density at radius 3 is 2.45 bits per heavy atom. The van der Waals surface area contributed by atoms with Crippen molar-refractivity contribution in [2.75, 3.05) is 5.32 Å². The fourth-order valence-electron chi connectivity index (χ4n) is 2.77. The number of nitrogens with one attached hydrogen (secondary N) is 2. The third kappa shape index (κ3) is 7.84. The topological polar surface area (TPSA) is 84.7 Å². The second-order valence-electron chi connectivity index (χ2n) is 7.01. The van der Waals surface area contributed by atoms with Crippen LogP contribution in [0.25, 0.3) is 5.82 Å². The highest BCUT2D eigenvalue weighted by Crippen LogP contribution is 2.17. The predicted octanol–water partition coefficient (Wildman–Crippen LogP) is 5.14. The third-order valence-corrected chi connectivity index (χ3v) is 4.60. The molecule has 1 amide bonds. The normalized spacial score (nSPS) is 11.5. The number of hydrogen-bond donors (Lipinski definition) is 2. The molecule has 31 heavy (non-hydrogen) atoms. The maximum Gasteiger partial charge on any atom is 0.242 e. The van der Waals surface area contributed by atoms with Gasteiger partial charge in [-0.1, -0.05) is 63.0 Å². The van der Waals surface area contributed by atoms with Crippen molar-refractivity contribution in [1.82, 2.24) is 24.8 Å². The van der Waals surface area contributed by atoms with E-state index in [1.807, 2.05) is 26.0 Å². The molecule has 0 fully saturated rings. The number of carbonyl (C=O) groups is 1. The van der Waals surface area contributed by atoms with E-state index in [0.717, 1.165) is 5.56 Å². The van der Waals surface area contributed by atoms with Gasteiger partial charge in [0.1, 0.15) is 23.3 Å². The van der Waals surface area contributed by atoms with Gasteiger partial charge in [0.15, 0.2) is 0 Å². The van der Waals surface area contributed by atoms with Gasteiger partial charge in [0.05, 0.1) is 0 Å². The van der Waals surface area contributed by atoms with E-state index in [4.69, 9.17) is 23.2 Å². The maximum absolute atomic E-state index is 12.8. The highest BCUT2D eigenvalue weighted by atomic mass is 35.5.